The quantitative estimate of drug-likeness (QED) is 0.250. The fourth-order valence-electron chi connectivity index (χ4n) is 4.98. The van der Waals surface area contributed by atoms with E-state index in [0.29, 0.717) is 16.8 Å². The van der Waals surface area contributed by atoms with Crippen LogP contribution in [0.5, 0.6) is 0 Å². The van der Waals surface area contributed by atoms with Gasteiger partial charge in [0.2, 0.25) is 5.95 Å². The first-order valence-electron chi connectivity index (χ1n) is 13.6. The molecule has 5 aromatic rings. The average Bonchev–Trinajstić information content (AvgIpc) is 3.02. The van der Waals surface area contributed by atoms with Gasteiger partial charge in [0.25, 0.3) is 5.56 Å². The molecule has 0 radical (unpaired) electrons. The summed E-state index contributed by atoms with van der Waals surface area (Å²) in [5.74, 6) is -0.231. The molecule has 43 heavy (non-hydrogen) atoms. The number of aromatic nitrogens is 4. The molecule has 2 aromatic heterocycles. The minimum atomic E-state index is -0.509. The van der Waals surface area contributed by atoms with Crippen LogP contribution >= 0.6 is 23.2 Å². The maximum atomic E-state index is 13.7. The SMILES string of the molecule is COC(=O)c1cccc(-c2nn(-c3c(Cl)cccc3Cl)c(=O)c3cnc(Nc4ccc(N5CCN(C)CC5)cc4)nc23)c1. The molecular weight excluding hydrogens is 589 g/mol. The molecule has 218 valence electrons. The molecule has 1 fully saturated rings. The van der Waals surface area contributed by atoms with Gasteiger partial charge in [0.15, 0.2) is 0 Å². The van der Waals surface area contributed by atoms with E-state index in [2.05, 4.69) is 44.4 Å². The average molecular weight is 617 g/mol. The molecule has 1 aliphatic heterocycles. The minimum absolute atomic E-state index is 0.195. The number of nitrogens with one attached hydrogen (secondary N) is 1. The number of hydrogen-bond acceptors (Lipinski definition) is 9. The van der Waals surface area contributed by atoms with Gasteiger partial charge in [-0.25, -0.2) is 14.8 Å². The number of carbonyl (C=O) groups is 1. The molecule has 0 spiro atoms. The zero-order chi connectivity index (χ0) is 30.1. The molecule has 12 heteroatoms. The number of rotatable bonds is 6. The number of para-hydroxylation sites is 1. The van der Waals surface area contributed by atoms with Crippen molar-refractivity contribution in [3.05, 3.63) is 98.9 Å². The van der Waals surface area contributed by atoms with Crippen LogP contribution in [0.1, 0.15) is 10.4 Å². The third-order valence-electron chi connectivity index (χ3n) is 7.33. The summed E-state index contributed by atoms with van der Waals surface area (Å²) in [6.07, 6.45) is 1.45. The van der Waals surface area contributed by atoms with E-state index < -0.39 is 11.5 Å². The van der Waals surface area contributed by atoms with Crippen LogP contribution in [0, 0.1) is 0 Å². The lowest BCUT2D eigenvalue weighted by molar-refractivity contribution is 0.0601. The van der Waals surface area contributed by atoms with Gasteiger partial charge >= 0.3 is 5.97 Å². The topological polar surface area (TPSA) is 105 Å². The number of piperazine rings is 1. The van der Waals surface area contributed by atoms with Crippen LogP contribution in [0.4, 0.5) is 17.3 Å². The number of benzene rings is 3. The van der Waals surface area contributed by atoms with Crippen LogP contribution in [-0.4, -0.2) is 71.0 Å². The zero-order valence-electron chi connectivity index (χ0n) is 23.4. The van der Waals surface area contributed by atoms with Crippen molar-refractivity contribution >= 4 is 57.4 Å². The number of carbonyl (C=O) groups excluding carboxylic acids is 1. The highest BCUT2D eigenvalue weighted by molar-refractivity contribution is 6.37. The predicted molar refractivity (Wildman–Crippen MR) is 169 cm³/mol. The second kappa shape index (κ2) is 12.0. The van der Waals surface area contributed by atoms with Gasteiger partial charge < -0.3 is 19.9 Å². The Bertz CT molecular complexity index is 1870. The number of halogens is 2. The fraction of sp³-hybridized carbons (Fsp3) is 0.194. The molecule has 0 saturated carbocycles. The number of hydrogen-bond donors (Lipinski definition) is 1. The summed E-state index contributed by atoms with van der Waals surface area (Å²) in [5, 5.41) is 8.58. The van der Waals surface area contributed by atoms with Crippen molar-refractivity contribution in [1.29, 1.82) is 0 Å². The molecule has 0 aliphatic carbocycles. The van der Waals surface area contributed by atoms with Crippen molar-refractivity contribution < 1.29 is 9.53 Å². The van der Waals surface area contributed by atoms with Gasteiger partial charge in [0, 0.05) is 49.3 Å². The molecule has 6 rings (SSSR count). The fourth-order valence-corrected chi connectivity index (χ4v) is 5.54. The van der Waals surface area contributed by atoms with Gasteiger partial charge in [0.1, 0.15) is 16.9 Å². The molecule has 1 N–H and O–H groups in total. The first-order valence-corrected chi connectivity index (χ1v) is 14.3. The van der Waals surface area contributed by atoms with Gasteiger partial charge in [-0.05, 0) is 55.6 Å². The monoisotopic (exact) mass is 615 g/mol. The maximum Gasteiger partial charge on any atom is 0.337 e. The molecule has 1 saturated heterocycles. The summed E-state index contributed by atoms with van der Waals surface area (Å²) < 4.78 is 6.04. The van der Waals surface area contributed by atoms with E-state index in [1.165, 1.54) is 13.3 Å². The Balaban J connectivity index is 1.44. The van der Waals surface area contributed by atoms with Crippen LogP contribution in [0.2, 0.25) is 10.0 Å². The van der Waals surface area contributed by atoms with Crippen LogP contribution in [0.15, 0.2) is 77.7 Å². The Morgan fingerprint density at radius 2 is 1.65 bits per heavy atom. The molecule has 0 unspecified atom stereocenters. The smallest absolute Gasteiger partial charge is 0.337 e. The Morgan fingerprint density at radius 3 is 2.35 bits per heavy atom. The summed E-state index contributed by atoms with van der Waals surface area (Å²) in [4.78, 5) is 39.8. The third kappa shape index (κ3) is 5.77. The normalized spacial score (nSPS) is 13.7. The third-order valence-corrected chi connectivity index (χ3v) is 7.94. The standard InChI is InChI=1S/C31H27Cl2N7O3/c1-38-13-15-39(16-14-38)22-11-9-21(10-12-22)35-31-34-18-23-27(36-31)26(19-5-3-6-20(17-19)30(42)43-2)37-40(29(23)41)28-24(32)7-4-8-25(28)33/h3-12,17-18H,13-16H2,1-2H3,(H,34,35,36). The molecule has 3 heterocycles. The Morgan fingerprint density at radius 1 is 0.953 bits per heavy atom. The molecule has 1 aliphatic rings. The van der Waals surface area contributed by atoms with Gasteiger partial charge in [-0.1, -0.05) is 41.4 Å². The summed E-state index contributed by atoms with van der Waals surface area (Å²) >= 11 is 12.9. The van der Waals surface area contributed by atoms with E-state index in [-0.39, 0.29) is 32.6 Å². The highest BCUT2D eigenvalue weighted by atomic mass is 35.5. The van der Waals surface area contributed by atoms with Gasteiger partial charge in [-0.3, -0.25) is 4.79 Å². The van der Waals surface area contributed by atoms with Crippen molar-refractivity contribution in [2.75, 3.05) is 50.6 Å². The van der Waals surface area contributed by atoms with Crippen LogP contribution in [0.3, 0.4) is 0 Å². The number of nitrogens with zero attached hydrogens (tertiary/aromatic N) is 6. The molecule has 0 amide bonds. The van der Waals surface area contributed by atoms with E-state index in [4.69, 9.17) is 32.9 Å². The van der Waals surface area contributed by atoms with Crippen LogP contribution in [0.25, 0.3) is 27.8 Å². The molecule has 10 nitrogen and oxygen atoms in total. The summed E-state index contributed by atoms with van der Waals surface area (Å²) in [6.45, 7) is 3.99. The number of esters is 1. The number of ether oxygens (including phenoxy) is 1. The lowest BCUT2D eigenvalue weighted by Gasteiger charge is -2.34. The highest BCUT2D eigenvalue weighted by Crippen LogP contribution is 2.31. The van der Waals surface area contributed by atoms with Crippen LogP contribution < -0.4 is 15.8 Å². The van der Waals surface area contributed by atoms with Crippen molar-refractivity contribution in [2.24, 2.45) is 0 Å². The lowest BCUT2D eigenvalue weighted by atomic mass is 10.1. The molecule has 0 bridgehead atoms. The van der Waals surface area contributed by atoms with Crippen molar-refractivity contribution in [2.45, 2.75) is 0 Å². The summed E-state index contributed by atoms with van der Waals surface area (Å²) in [7, 11) is 3.44. The summed E-state index contributed by atoms with van der Waals surface area (Å²) in [6, 6.07) is 19.7. The van der Waals surface area contributed by atoms with E-state index in [1.807, 2.05) is 12.1 Å². The van der Waals surface area contributed by atoms with Gasteiger partial charge in [-0.15, -0.1) is 0 Å². The largest absolute Gasteiger partial charge is 0.465 e. The number of methoxy groups -OCH3 is 1. The molecule has 0 atom stereocenters. The maximum absolute atomic E-state index is 13.7. The van der Waals surface area contributed by atoms with Gasteiger partial charge in [-0.2, -0.15) is 9.78 Å². The van der Waals surface area contributed by atoms with Crippen molar-refractivity contribution in [3.8, 4) is 16.9 Å². The molecular formula is C31H27Cl2N7O3. The summed E-state index contributed by atoms with van der Waals surface area (Å²) in [5.41, 5.74) is 3.13. The Labute approximate surface area is 257 Å². The first-order chi connectivity index (χ1) is 20.8. The zero-order valence-corrected chi connectivity index (χ0v) is 24.9. The van der Waals surface area contributed by atoms with E-state index in [9.17, 15) is 9.59 Å². The highest BCUT2D eigenvalue weighted by Gasteiger charge is 2.20. The second-order valence-electron chi connectivity index (χ2n) is 10.1. The number of likely N-dealkylation sites (N-methyl/N-ethyl adjacent to an activating group) is 1. The lowest BCUT2D eigenvalue weighted by Crippen LogP contribution is -2.44. The van der Waals surface area contributed by atoms with E-state index >= 15 is 0 Å². The van der Waals surface area contributed by atoms with Crippen molar-refractivity contribution in [1.82, 2.24) is 24.6 Å². The Kier molecular flexibility index (Phi) is 7.98. The predicted octanol–water partition coefficient (Wildman–Crippen LogP) is 5.43. The molecule has 3 aromatic carbocycles. The first kappa shape index (κ1) is 28.6. The number of fused-ring (bicyclic) bond motifs is 1. The van der Waals surface area contributed by atoms with Gasteiger partial charge in [0.05, 0.1) is 28.1 Å². The second-order valence-corrected chi connectivity index (χ2v) is 10.9. The van der Waals surface area contributed by atoms with E-state index in [1.54, 1.807) is 42.5 Å². The van der Waals surface area contributed by atoms with Crippen LogP contribution in [-0.2, 0) is 4.74 Å². The van der Waals surface area contributed by atoms with E-state index in [0.717, 1.165) is 42.2 Å². The van der Waals surface area contributed by atoms with Crippen molar-refractivity contribution in [3.63, 3.8) is 0 Å². The minimum Gasteiger partial charge on any atom is -0.465 e. The Hall–Kier alpha value is -4.51. The number of anilines is 3.